The van der Waals surface area contributed by atoms with Gasteiger partial charge in [0.15, 0.2) is 0 Å². The van der Waals surface area contributed by atoms with E-state index in [0.717, 1.165) is 0 Å². The van der Waals surface area contributed by atoms with Gasteiger partial charge in [-0.15, -0.1) is 0 Å². The topological polar surface area (TPSA) is 3.24 Å². The minimum absolute atomic E-state index is 0.372. The van der Waals surface area contributed by atoms with Gasteiger partial charge in [-0.05, 0) is 43.7 Å². The molecule has 0 radical (unpaired) electrons. The highest BCUT2D eigenvalue weighted by Crippen LogP contribution is 2.42. The van der Waals surface area contributed by atoms with Crippen LogP contribution in [0.25, 0.3) is 0 Å². The van der Waals surface area contributed by atoms with Crippen LogP contribution in [0.15, 0.2) is 0 Å². The maximum atomic E-state index is 2.72. The highest BCUT2D eigenvalue weighted by molar-refractivity contribution is 4.92. The van der Waals surface area contributed by atoms with E-state index in [4.69, 9.17) is 0 Å². The van der Waals surface area contributed by atoms with Gasteiger partial charge in [0.1, 0.15) is 0 Å². The van der Waals surface area contributed by atoms with Crippen molar-refractivity contribution in [2.45, 2.75) is 73.3 Å². The van der Waals surface area contributed by atoms with E-state index in [1.807, 2.05) is 0 Å². The van der Waals surface area contributed by atoms with E-state index in [1.54, 1.807) is 0 Å². The minimum atomic E-state index is 0.372. The van der Waals surface area contributed by atoms with Crippen LogP contribution in [0.1, 0.15) is 67.2 Å². The van der Waals surface area contributed by atoms with Gasteiger partial charge in [-0.3, -0.25) is 0 Å². The second kappa shape index (κ2) is 5.08. The zero-order valence-electron chi connectivity index (χ0n) is 12.3. The Morgan fingerprint density at radius 1 is 0.812 bits per heavy atom. The molecular weight excluding hydrogens is 194 g/mol. The van der Waals surface area contributed by atoms with Crippen molar-refractivity contribution in [1.82, 2.24) is 4.90 Å². The molecule has 1 nitrogen and oxygen atoms in total. The van der Waals surface area contributed by atoms with Gasteiger partial charge in [-0.2, -0.15) is 0 Å². The summed E-state index contributed by atoms with van der Waals surface area (Å²) >= 11 is 0. The molecule has 16 heavy (non-hydrogen) atoms. The number of nitrogens with zero attached hydrogens (tertiary/aromatic N) is 1. The maximum Gasteiger partial charge on any atom is 0.0123 e. The summed E-state index contributed by atoms with van der Waals surface area (Å²) in [5.41, 5.74) is 0.746. The molecule has 0 saturated carbocycles. The highest BCUT2D eigenvalue weighted by atomic mass is 15.2. The van der Waals surface area contributed by atoms with Gasteiger partial charge in [0, 0.05) is 6.04 Å². The molecule has 1 rings (SSSR count). The van der Waals surface area contributed by atoms with E-state index in [2.05, 4.69) is 46.4 Å². The molecular formula is C15H31N. The summed E-state index contributed by atoms with van der Waals surface area (Å²) < 4.78 is 0. The largest absolute Gasteiger partial charge is 0.300 e. The predicted molar refractivity (Wildman–Crippen MR) is 72.7 cm³/mol. The fourth-order valence-electron chi connectivity index (χ4n) is 2.57. The summed E-state index contributed by atoms with van der Waals surface area (Å²) in [7, 11) is 0. The molecule has 96 valence electrons. The van der Waals surface area contributed by atoms with E-state index in [9.17, 15) is 0 Å². The van der Waals surface area contributed by atoms with Crippen LogP contribution in [0.4, 0.5) is 0 Å². The second-order valence-electron chi connectivity index (χ2n) is 7.10. The summed E-state index contributed by atoms with van der Waals surface area (Å²) in [6.45, 7) is 17.0. The smallest absolute Gasteiger partial charge is 0.0123 e. The van der Waals surface area contributed by atoms with Crippen LogP contribution in [0.2, 0.25) is 0 Å². The van der Waals surface area contributed by atoms with Gasteiger partial charge in [0.2, 0.25) is 0 Å². The normalized spacial score (nSPS) is 22.9. The second-order valence-corrected chi connectivity index (χ2v) is 7.10. The van der Waals surface area contributed by atoms with Crippen molar-refractivity contribution in [3.8, 4) is 0 Å². The maximum absolute atomic E-state index is 2.72. The minimum Gasteiger partial charge on any atom is -0.300 e. The van der Waals surface area contributed by atoms with Crippen LogP contribution in [0.5, 0.6) is 0 Å². The Bertz CT molecular complexity index is 204. The molecule has 1 saturated heterocycles. The first-order valence-electron chi connectivity index (χ1n) is 7.01. The lowest BCUT2D eigenvalue weighted by atomic mass is 9.65. The van der Waals surface area contributed by atoms with Crippen molar-refractivity contribution in [3.63, 3.8) is 0 Å². The molecule has 0 aromatic rings. The molecule has 0 bridgehead atoms. The Morgan fingerprint density at radius 3 is 1.62 bits per heavy atom. The van der Waals surface area contributed by atoms with E-state index < -0.39 is 0 Å². The van der Waals surface area contributed by atoms with Gasteiger partial charge in [0.05, 0.1) is 0 Å². The summed E-state index contributed by atoms with van der Waals surface area (Å²) in [6.07, 6.45) is 5.65. The van der Waals surface area contributed by atoms with Crippen LogP contribution < -0.4 is 0 Å². The standard InChI is InChI=1S/C15H31N/c1-13(15(5,6)14(2,3)4)16-11-9-7-8-10-12-16/h13H,7-12H2,1-6H3. The Kier molecular flexibility index (Phi) is 4.45. The number of hydrogen-bond acceptors (Lipinski definition) is 1. The molecule has 0 aromatic heterocycles. The molecule has 1 fully saturated rings. The van der Waals surface area contributed by atoms with E-state index >= 15 is 0 Å². The first-order chi connectivity index (χ1) is 7.27. The highest BCUT2D eigenvalue weighted by Gasteiger charge is 2.40. The fraction of sp³-hybridized carbons (Fsp3) is 1.00. The van der Waals surface area contributed by atoms with Gasteiger partial charge in [-0.1, -0.05) is 47.5 Å². The van der Waals surface area contributed by atoms with Crippen LogP contribution in [-0.2, 0) is 0 Å². The zero-order valence-corrected chi connectivity index (χ0v) is 12.3. The van der Waals surface area contributed by atoms with Crippen LogP contribution in [0, 0.1) is 10.8 Å². The third-order valence-electron chi connectivity index (χ3n) is 5.17. The predicted octanol–water partition coefficient (Wildman–Crippen LogP) is 4.32. The average molecular weight is 225 g/mol. The van der Waals surface area contributed by atoms with Crippen molar-refractivity contribution in [1.29, 1.82) is 0 Å². The Balaban J connectivity index is 2.71. The fourth-order valence-corrected chi connectivity index (χ4v) is 2.57. The molecule has 0 N–H and O–H groups in total. The van der Waals surface area contributed by atoms with Crippen molar-refractivity contribution in [3.05, 3.63) is 0 Å². The molecule has 0 amide bonds. The molecule has 1 heteroatoms. The molecule has 1 unspecified atom stereocenters. The third kappa shape index (κ3) is 3.00. The van der Waals surface area contributed by atoms with Crippen LogP contribution in [-0.4, -0.2) is 24.0 Å². The van der Waals surface area contributed by atoms with E-state index in [1.165, 1.54) is 38.8 Å². The molecule has 0 spiro atoms. The lowest BCUT2D eigenvalue weighted by Crippen LogP contribution is -2.49. The Hall–Kier alpha value is -0.0400. The summed E-state index contributed by atoms with van der Waals surface area (Å²) in [4.78, 5) is 2.72. The summed E-state index contributed by atoms with van der Waals surface area (Å²) in [5.74, 6) is 0. The SMILES string of the molecule is CC(N1CCCCCC1)C(C)(C)C(C)(C)C. The molecule has 1 heterocycles. The lowest BCUT2D eigenvalue weighted by Gasteiger charge is -2.48. The molecule has 1 aliphatic heterocycles. The van der Waals surface area contributed by atoms with Crippen molar-refractivity contribution in [2.24, 2.45) is 10.8 Å². The Morgan fingerprint density at radius 2 is 1.25 bits per heavy atom. The molecule has 0 aliphatic carbocycles. The molecule has 1 atom stereocenters. The van der Waals surface area contributed by atoms with E-state index in [0.29, 0.717) is 16.9 Å². The van der Waals surface area contributed by atoms with Crippen LogP contribution in [0.3, 0.4) is 0 Å². The average Bonchev–Trinajstić information content (AvgIpc) is 2.42. The van der Waals surface area contributed by atoms with Crippen molar-refractivity contribution in [2.75, 3.05) is 13.1 Å². The van der Waals surface area contributed by atoms with Gasteiger partial charge in [-0.25, -0.2) is 0 Å². The zero-order chi connectivity index (χ0) is 12.4. The number of rotatable bonds is 2. The summed E-state index contributed by atoms with van der Waals surface area (Å²) in [6, 6.07) is 0.686. The van der Waals surface area contributed by atoms with Gasteiger partial charge < -0.3 is 4.90 Å². The first kappa shape index (κ1) is 14.0. The van der Waals surface area contributed by atoms with Crippen LogP contribution >= 0.6 is 0 Å². The van der Waals surface area contributed by atoms with Gasteiger partial charge in [0.25, 0.3) is 0 Å². The molecule has 0 aromatic carbocycles. The lowest BCUT2D eigenvalue weighted by molar-refractivity contribution is 0.0152. The number of likely N-dealkylation sites (tertiary alicyclic amines) is 1. The molecule has 1 aliphatic rings. The van der Waals surface area contributed by atoms with E-state index in [-0.39, 0.29) is 0 Å². The summed E-state index contributed by atoms with van der Waals surface area (Å²) in [5, 5.41) is 0. The van der Waals surface area contributed by atoms with Crippen molar-refractivity contribution < 1.29 is 0 Å². The third-order valence-corrected chi connectivity index (χ3v) is 5.17. The monoisotopic (exact) mass is 225 g/mol. The van der Waals surface area contributed by atoms with Crippen molar-refractivity contribution >= 4 is 0 Å². The Labute approximate surface area is 103 Å². The number of hydrogen-bond donors (Lipinski definition) is 0. The first-order valence-corrected chi connectivity index (χ1v) is 7.01. The quantitative estimate of drug-likeness (QED) is 0.676. The van der Waals surface area contributed by atoms with Gasteiger partial charge >= 0.3 is 0 Å².